The Balaban J connectivity index is 1.61. The Morgan fingerprint density at radius 1 is 1.19 bits per heavy atom. The van der Waals surface area contributed by atoms with Gasteiger partial charge in [-0.2, -0.15) is 0 Å². The number of para-hydroxylation sites is 1. The van der Waals surface area contributed by atoms with E-state index < -0.39 is 0 Å². The van der Waals surface area contributed by atoms with Crippen molar-refractivity contribution in [2.45, 2.75) is 45.0 Å². The van der Waals surface area contributed by atoms with E-state index in [0.29, 0.717) is 23.4 Å². The van der Waals surface area contributed by atoms with Gasteiger partial charge >= 0.3 is 0 Å². The van der Waals surface area contributed by atoms with Crippen LogP contribution in [0.4, 0.5) is 5.69 Å². The van der Waals surface area contributed by atoms with Crippen LogP contribution in [-0.4, -0.2) is 26.4 Å². The number of hydrogen-bond acceptors (Lipinski definition) is 5. The number of aryl methyl sites for hydroxylation is 1. The molecule has 0 fully saturated rings. The summed E-state index contributed by atoms with van der Waals surface area (Å²) in [6.45, 7) is 10.9. The highest BCUT2D eigenvalue weighted by Crippen LogP contribution is 2.22. The van der Waals surface area contributed by atoms with Crippen molar-refractivity contribution in [3.8, 4) is 5.75 Å². The second-order valence-electron chi connectivity index (χ2n) is 7.46. The van der Waals surface area contributed by atoms with Crippen LogP contribution in [0.5, 0.6) is 5.75 Å². The van der Waals surface area contributed by atoms with Crippen LogP contribution >= 0.6 is 11.8 Å². The number of amides is 1. The fourth-order valence-corrected chi connectivity index (χ4v) is 3.74. The maximum absolute atomic E-state index is 12.4. The molecule has 31 heavy (non-hydrogen) atoms. The van der Waals surface area contributed by atoms with Gasteiger partial charge in [-0.15, -0.1) is 16.8 Å². The minimum atomic E-state index is -0.0875. The van der Waals surface area contributed by atoms with Gasteiger partial charge in [0.2, 0.25) is 5.91 Å². The van der Waals surface area contributed by atoms with Crippen molar-refractivity contribution >= 4 is 23.4 Å². The van der Waals surface area contributed by atoms with Gasteiger partial charge in [0.1, 0.15) is 12.4 Å². The predicted octanol–water partition coefficient (Wildman–Crippen LogP) is 5.21. The van der Waals surface area contributed by atoms with Gasteiger partial charge in [0, 0.05) is 12.2 Å². The highest BCUT2D eigenvalue weighted by Gasteiger charge is 2.14. The Morgan fingerprint density at radius 2 is 1.94 bits per heavy atom. The molecule has 0 atom stereocenters. The average molecular weight is 437 g/mol. The molecule has 0 spiro atoms. The number of nitrogens with zero attached hydrogens (tertiary/aromatic N) is 3. The van der Waals surface area contributed by atoms with E-state index in [1.807, 2.05) is 47.9 Å². The fourth-order valence-electron chi connectivity index (χ4n) is 2.97. The fraction of sp³-hybridized carbons (Fsp3) is 0.292. The first-order valence-electron chi connectivity index (χ1n) is 10.2. The zero-order chi connectivity index (χ0) is 22.2. The van der Waals surface area contributed by atoms with E-state index in [9.17, 15) is 4.79 Å². The molecule has 2 aromatic carbocycles. The van der Waals surface area contributed by atoms with Gasteiger partial charge in [-0.05, 0) is 42.2 Å². The number of carbonyl (C=O) groups is 1. The number of nitrogens with one attached hydrogen (secondary N) is 1. The monoisotopic (exact) mass is 436 g/mol. The molecule has 3 rings (SSSR count). The Labute approximate surface area is 187 Å². The van der Waals surface area contributed by atoms with Crippen molar-refractivity contribution in [1.82, 2.24) is 14.8 Å². The number of carbonyl (C=O) groups excluding carboxylic acids is 1. The Morgan fingerprint density at radius 3 is 2.61 bits per heavy atom. The number of benzene rings is 2. The molecule has 1 N–H and O–H groups in total. The molecule has 7 heteroatoms. The second-order valence-corrected chi connectivity index (χ2v) is 8.40. The number of anilines is 1. The Bertz CT molecular complexity index is 1030. The smallest absolute Gasteiger partial charge is 0.234 e. The number of aromatic nitrogens is 3. The number of hydrogen-bond donors (Lipinski definition) is 1. The molecule has 0 aliphatic rings. The van der Waals surface area contributed by atoms with E-state index in [1.165, 1.54) is 17.3 Å². The van der Waals surface area contributed by atoms with Gasteiger partial charge in [0.15, 0.2) is 11.0 Å². The van der Waals surface area contributed by atoms with E-state index in [0.717, 1.165) is 17.0 Å². The highest BCUT2D eigenvalue weighted by molar-refractivity contribution is 7.99. The summed E-state index contributed by atoms with van der Waals surface area (Å²) >= 11 is 1.34. The molecule has 0 unspecified atom stereocenters. The SMILES string of the molecule is C=CCn1c(COc2ccc(C(C)C)cc2)nnc1SCC(=O)Nc1ccccc1C. The summed E-state index contributed by atoms with van der Waals surface area (Å²) in [4.78, 5) is 12.4. The molecule has 1 amide bonds. The molecular weight excluding hydrogens is 408 g/mol. The molecule has 0 aliphatic carbocycles. The molecule has 1 aromatic heterocycles. The quantitative estimate of drug-likeness (QED) is 0.349. The van der Waals surface area contributed by atoms with Crippen molar-refractivity contribution in [2.75, 3.05) is 11.1 Å². The van der Waals surface area contributed by atoms with Crippen molar-refractivity contribution in [1.29, 1.82) is 0 Å². The first-order chi connectivity index (χ1) is 15.0. The van der Waals surface area contributed by atoms with Crippen molar-refractivity contribution in [2.24, 2.45) is 0 Å². The standard InChI is InChI=1S/C24H28N4O2S/c1-5-14-28-22(15-30-20-12-10-19(11-13-20)17(2)3)26-27-24(28)31-16-23(29)25-21-9-7-6-8-18(21)4/h5-13,17H,1,14-16H2,2-4H3,(H,25,29). The first-order valence-corrected chi connectivity index (χ1v) is 11.2. The number of thioether (sulfide) groups is 1. The Kier molecular flexibility index (Phi) is 7.89. The van der Waals surface area contributed by atoms with Crippen LogP contribution in [0.25, 0.3) is 0 Å². The molecule has 0 aliphatic heterocycles. The summed E-state index contributed by atoms with van der Waals surface area (Å²) in [7, 11) is 0. The predicted molar refractivity (Wildman–Crippen MR) is 126 cm³/mol. The summed E-state index contributed by atoms with van der Waals surface area (Å²) in [5.41, 5.74) is 3.11. The lowest BCUT2D eigenvalue weighted by Crippen LogP contribution is -2.15. The van der Waals surface area contributed by atoms with Gasteiger partial charge < -0.3 is 10.1 Å². The van der Waals surface area contributed by atoms with Crippen molar-refractivity contribution in [3.63, 3.8) is 0 Å². The first kappa shape index (κ1) is 22.6. The Hall–Kier alpha value is -3.06. The molecular formula is C24H28N4O2S. The van der Waals surface area contributed by atoms with E-state index in [2.05, 4.69) is 48.1 Å². The van der Waals surface area contributed by atoms with E-state index >= 15 is 0 Å². The summed E-state index contributed by atoms with van der Waals surface area (Å²) in [6, 6.07) is 15.8. The summed E-state index contributed by atoms with van der Waals surface area (Å²) in [5, 5.41) is 12.1. The van der Waals surface area contributed by atoms with Crippen LogP contribution in [0.3, 0.4) is 0 Å². The summed E-state index contributed by atoms with van der Waals surface area (Å²) < 4.78 is 7.82. The molecule has 1 heterocycles. The number of ether oxygens (including phenoxy) is 1. The van der Waals surface area contributed by atoms with Gasteiger partial charge in [-0.1, -0.05) is 62.0 Å². The molecule has 3 aromatic rings. The maximum Gasteiger partial charge on any atom is 0.234 e. The highest BCUT2D eigenvalue weighted by atomic mass is 32.2. The minimum absolute atomic E-state index is 0.0875. The van der Waals surface area contributed by atoms with Gasteiger partial charge in [-0.3, -0.25) is 9.36 Å². The minimum Gasteiger partial charge on any atom is -0.486 e. The van der Waals surface area contributed by atoms with Crippen molar-refractivity contribution in [3.05, 3.63) is 78.1 Å². The summed E-state index contributed by atoms with van der Waals surface area (Å²) in [6.07, 6.45) is 1.78. The van der Waals surface area contributed by atoms with Crippen LogP contribution in [0.2, 0.25) is 0 Å². The molecule has 0 saturated carbocycles. The lowest BCUT2D eigenvalue weighted by molar-refractivity contribution is -0.113. The maximum atomic E-state index is 12.4. The zero-order valence-corrected chi connectivity index (χ0v) is 19.0. The lowest BCUT2D eigenvalue weighted by Gasteiger charge is -2.11. The van der Waals surface area contributed by atoms with Crippen LogP contribution in [-0.2, 0) is 17.9 Å². The summed E-state index contributed by atoms with van der Waals surface area (Å²) in [5.74, 6) is 2.10. The molecule has 0 bridgehead atoms. The van der Waals surface area contributed by atoms with E-state index in [-0.39, 0.29) is 18.3 Å². The number of rotatable bonds is 10. The largest absolute Gasteiger partial charge is 0.486 e. The molecule has 0 saturated heterocycles. The van der Waals surface area contributed by atoms with Gasteiger partial charge in [0.05, 0.1) is 5.75 Å². The van der Waals surface area contributed by atoms with E-state index in [1.54, 1.807) is 6.08 Å². The third-order valence-electron chi connectivity index (χ3n) is 4.77. The third-order valence-corrected chi connectivity index (χ3v) is 5.74. The van der Waals surface area contributed by atoms with Crippen LogP contribution in [0.1, 0.15) is 36.7 Å². The van der Waals surface area contributed by atoms with Crippen LogP contribution in [0, 0.1) is 6.92 Å². The second kappa shape index (κ2) is 10.8. The van der Waals surface area contributed by atoms with E-state index in [4.69, 9.17) is 4.74 Å². The molecule has 0 radical (unpaired) electrons. The van der Waals surface area contributed by atoms with Gasteiger partial charge in [-0.25, -0.2) is 0 Å². The van der Waals surface area contributed by atoms with Crippen LogP contribution in [0.15, 0.2) is 66.3 Å². The third kappa shape index (κ3) is 6.21. The van der Waals surface area contributed by atoms with Crippen molar-refractivity contribution < 1.29 is 9.53 Å². The average Bonchev–Trinajstić information content (AvgIpc) is 3.14. The van der Waals surface area contributed by atoms with Crippen LogP contribution < -0.4 is 10.1 Å². The topological polar surface area (TPSA) is 69.0 Å². The normalized spacial score (nSPS) is 10.8. The van der Waals surface area contributed by atoms with Gasteiger partial charge in [0.25, 0.3) is 0 Å². The zero-order valence-electron chi connectivity index (χ0n) is 18.2. The number of allylic oxidation sites excluding steroid dienone is 1. The lowest BCUT2D eigenvalue weighted by atomic mass is 10.0. The molecule has 162 valence electrons. The molecule has 6 nitrogen and oxygen atoms in total.